The number of methoxy groups -OCH3 is 1. The molecule has 0 fully saturated rings. The maximum atomic E-state index is 12.3. The van der Waals surface area contributed by atoms with Crippen molar-refractivity contribution in [2.75, 3.05) is 12.4 Å². The summed E-state index contributed by atoms with van der Waals surface area (Å²) in [7, 11) is 1.55. The van der Waals surface area contributed by atoms with Crippen molar-refractivity contribution in [1.29, 1.82) is 0 Å². The van der Waals surface area contributed by atoms with Gasteiger partial charge in [-0.05, 0) is 36.8 Å². The van der Waals surface area contributed by atoms with Gasteiger partial charge in [-0.2, -0.15) is 0 Å². The second kappa shape index (κ2) is 5.89. The van der Waals surface area contributed by atoms with Crippen LogP contribution in [0.5, 0.6) is 5.75 Å². The summed E-state index contributed by atoms with van der Waals surface area (Å²) in [5.74, 6) is 0.363. The standard InChI is InChI=1S/C15H14BrNO2/c1-10-5-3-4-6-13(10)17-15(18)12-9-11(16)7-8-14(12)19-2/h3-9H,1-2H3,(H,17,18). The highest BCUT2D eigenvalue weighted by molar-refractivity contribution is 9.10. The van der Waals surface area contributed by atoms with Crippen molar-refractivity contribution >= 4 is 27.5 Å². The summed E-state index contributed by atoms with van der Waals surface area (Å²) in [6, 6.07) is 13.0. The summed E-state index contributed by atoms with van der Waals surface area (Å²) in [6.45, 7) is 1.95. The number of para-hydroxylation sites is 1. The zero-order chi connectivity index (χ0) is 13.8. The van der Waals surface area contributed by atoms with E-state index in [0.717, 1.165) is 15.7 Å². The van der Waals surface area contributed by atoms with E-state index >= 15 is 0 Å². The van der Waals surface area contributed by atoms with Gasteiger partial charge in [0, 0.05) is 10.2 Å². The first kappa shape index (κ1) is 13.6. The number of amides is 1. The number of halogens is 1. The lowest BCUT2D eigenvalue weighted by atomic mass is 10.1. The molecule has 0 bridgehead atoms. The molecule has 0 spiro atoms. The number of benzene rings is 2. The topological polar surface area (TPSA) is 38.3 Å². The molecule has 98 valence electrons. The zero-order valence-electron chi connectivity index (χ0n) is 10.7. The molecule has 0 saturated heterocycles. The average Bonchev–Trinajstić information content (AvgIpc) is 2.41. The Bertz CT molecular complexity index is 611. The van der Waals surface area contributed by atoms with Crippen LogP contribution < -0.4 is 10.1 Å². The Kier molecular flexibility index (Phi) is 4.22. The largest absolute Gasteiger partial charge is 0.496 e. The summed E-state index contributed by atoms with van der Waals surface area (Å²) < 4.78 is 6.04. The molecule has 1 amide bonds. The molecule has 2 aromatic rings. The van der Waals surface area contributed by atoms with Gasteiger partial charge in [0.2, 0.25) is 0 Å². The van der Waals surface area contributed by atoms with E-state index in [-0.39, 0.29) is 5.91 Å². The smallest absolute Gasteiger partial charge is 0.259 e. The minimum Gasteiger partial charge on any atom is -0.496 e. The van der Waals surface area contributed by atoms with E-state index in [0.29, 0.717) is 11.3 Å². The van der Waals surface area contributed by atoms with Crippen LogP contribution in [-0.2, 0) is 0 Å². The van der Waals surface area contributed by atoms with Gasteiger partial charge in [-0.25, -0.2) is 0 Å². The molecular formula is C15H14BrNO2. The van der Waals surface area contributed by atoms with Gasteiger partial charge in [-0.3, -0.25) is 4.79 Å². The van der Waals surface area contributed by atoms with Crippen LogP contribution in [0.25, 0.3) is 0 Å². The van der Waals surface area contributed by atoms with E-state index in [9.17, 15) is 4.79 Å². The molecule has 0 aliphatic carbocycles. The number of carbonyl (C=O) groups is 1. The van der Waals surface area contributed by atoms with Crippen LogP contribution in [-0.4, -0.2) is 13.0 Å². The predicted molar refractivity (Wildman–Crippen MR) is 79.8 cm³/mol. The summed E-state index contributed by atoms with van der Waals surface area (Å²) in [6.07, 6.45) is 0. The van der Waals surface area contributed by atoms with Crippen molar-refractivity contribution < 1.29 is 9.53 Å². The summed E-state index contributed by atoms with van der Waals surface area (Å²) >= 11 is 3.36. The molecule has 2 aromatic carbocycles. The van der Waals surface area contributed by atoms with Gasteiger partial charge in [0.1, 0.15) is 5.75 Å². The first-order valence-corrected chi connectivity index (χ1v) is 6.61. The highest BCUT2D eigenvalue weighted by Gasteiger charge is 2.13. The molecule has 4 heteroatoms. The molecule has 0 aromatic heterocycles. The lowest BCUT2D eigenvalue weighted by molar-refractivity contribution is 0.102. The van der Waals surface area contributed by atoms with Crippen molar-refractivity contribution in [2.45, 2.75) is 6.92 Å². The summed E-state index contributed by atoms with van der Waals surface area (Å²) in [4.78, 5) is 12.3. The number of aryl methyl sites for hydroxylation is 1. The summed E-state index contributed by atoms with van der Waals surface area (Å²) in [5.41, 5.74) is 2.32. The number of hydrogen-bond donors (Lipinski definition) is 1. The van der Waals surface area contributed by atoms with Crippen LogP contribution in [0.3, 0.4) is 0 Å². The van der Waals surface area contributed by atoms with Gasteiger partial charge >= 0.3 is 0 Å². The number of carbonyl (C=O) groups excluding carboxylic acids is 1. The summed E-state index contributed by atoms with van der Waals surface area (Å²) in [5, 5.41) is 2.89. The van der Waals surface area contributed by atoms with Crippen molar-refractivity contribution in [3.05, 3.63) is 58.1 Å². The molecule has 0 saturated carbocycles. The molecule has 0 unspecified atom stereocenters. The first-order chi connectivity index (χ1) is 9.11. The molecule has 3 nitrogen and oxygen atoms in total. The quantitative estimate of drug-likeness (QED) is 0.928. The minimum absolute atomic E-state index is 0.188. The molecule has 0 aliphatic rings. The number of ether oxygens (including phenoxy) is 1. The Morgan fingerprint density at radius 2 is 1.95 bits per heavy atom. The molecule has 1 N–H and O–H groups in total. The van der Waals surface area contributed by atoms with Crippen LogP contribution in [0.15, 0.2) is 46.9 Å². The van der Waals surface area contributed by atoms with E-state index in [1.54, 1.807) is 19.2 Å². The monoisotopic (exact) mass is 319 g/mol. The van der Waals surface area contributed by atoms with Gasteiger partial charge in [0.05, 0.1) is 12.7 Å². The van der Waals surface area contributed by atoms with Crippen LogP contribution in [0.2, 0.25) is 0 Å². The average molecular weight is 320 g/mol. The van der Waals surface area contributed by atoms with E-state index in [2.05, 4.69) is 21.2 Å². The first-order valence-electron chi connectivity index (χ1n) is 5.82. The lowest BCUT2D eigenvalue weighted by Crippen LogP contribution is -2.14. The Morgan fingerprint density at radius 3 is 2.63 bits per heavy atom. The van der Waals surface area contributed by atoms with Crippen LogP contribution >= 0.6 is 15.9 Å². The Labute approximate surface area is 120 Å². The second-order valence-corrected chi connectivity index (χ2v) is 5.03. The van der Waals surface area contributed by atoms with Crippen LogP contribution in [0, 0.1) is 6.92 Å². The van der Waals surface area contributed by atoms with Gasteiger partial charge in [-0.1, -0.05) is 34.1 Å². The normalized spacial score (nSPS) is 10.1. The molecule has 0 aliphatic heterocycles. The molecule has 0 atom stereocenters. The van der Waals surface area contributed by atoms with Crippen molar-refractivity contribution in [3.8, 4) is 5.75 Å². The van der Waals surface area contributed by atoms with Gasteiger partial charge in [0.15, 0.2) is 0 Å². The van der Waals surface area contributed by atoms with E-state index < -0.39 is 0 Å². The molecule has 2 rings (SSSR count). The lowest BCUT2D eigenvalue weighted by Gasteiger charge is -2.11. The molecular weight excluding hydrogens is 306 g/mol. The number of hydrogen-bond acceptors (Lipinski definition) is 2. The number of rotatable bonds is 3. The van der Waals surface area contributed by atoms with E-state index in [4.69, 9.17) is 4.74 Å². The number of anilines is 1. The number of nitrogens with one attached hydrogen (secondary N) is 1. The van der Waals surface area contributed by atoms with Crippen molar-refractivity contribution in [2.24, 2.45) is 0 Å². The van der Waals surface area contributed by atoms with Gasteiger partial charge in [-0.15, -0.1) is 0 Å². The third kappa shape index (κ3) is 3.15. The van der Waals surface area contributed by atoms with Crippen molar-refractivity contribution in [3.63, 3.8) is 0 Å². The van der Waals surface area contributed by atoms with Crippen LogP contribution in [0.4, 0.5) is 5.69 Å². The second-order valence-electron chi connectivity index (χ2n) is 4.11. The maximum absolute atomic E-state index is 12.3. The minimum atomic E-state index is -0.188. The predicted octanol–water partition coefficient (Wildman–Crippen LogP) is 4.02. The third-order valence-corrected chi connectivity index (χ3v) is 3.29. The third-order valence-electron chi connectivity index (χ3n) is 2.80. The highest BCUT2D eigenvalue weighted by Crippen LogP contribution is 2.24. The van der Waals surface area contributed by atoms with Crippen LogP contribution in [0.1, 0.15) is 15.9 Å². The fourth-order valence-electron chi connectivity index (χ4n) is 1.76. The van der Waals surface area contributed by atoms with Gasteiger partial charge < -0.3 is 10.1 Å². The fourth-order valence-corrected chi connectivity index (χ4v) is 2.12. The SMILES string of the molecule is COc1ccc(Br)cc1C(=O)Nc1ccccc1C. The molecule has 19 heavy (non-hydrogen) atoms. The van der Waals surface area contributed by atoms with Crippen molar-refractivity contribution in [1.82, 2.24) is 0 Å². The fraction of sp³-hybridized carbons (Fsp3) is 0.133. The Morgan fingerprint density at radius 1 is 1.21 bits per heavy atom. The van der Waals surface area contributed by atoms with E-state index in [1.165, 1.54) is 0 Å². The highest BCUT2D eigenvalue weighted by atomic mass is 79.9. The Hall–Kier alpha value is -1.81. The van der Waals surface area contributed by atoms with E-state index in [1.807, 2.05) is 37.3 Å². The molecule has 0 heterocycles. The maximum Gasteiger partial charge on any atom is 0.259 e. The van der Waals surface area contributed by atoms with Gasteiger partial charge in [0.25, 0.3) is 5.91 Å². The zero-order valence-corrected chi connectivity index (χ0v) is 12.3. The molecule has 0 radical (unpaired) electrons. The Balaban J connectivity index is 2.30.